The van der Waals surface area contributed by atoms with Gasteiger partial charge in [-0.2, -0.15) is 0 Å². The maximum Gasteiger partial charge on any atom is 0.335 e. The molecule has 0 fully saturated rings. The number of rotatable bonds is 6. The molecule has 1 aliphatic rings. The van der Waals surface area contributed by atoms with E-state index < -0.39 is 5.97 Å². The lowest BCUT2D eigenvalue weighted by molar-refractivity contribution is 0.0696. The highest BCUT2D eigenvalue weighted by atomic mass is 16.5. The van der Waals surface area contributed by atoms with Crippen LogP contribution in [0.3, 0.4) is 0 Å². The zero-order valence-electron chi connectivity index (χ0n) is 19.5. The molecule has 4 nitrogen and oxygen atoms in total. The second-order valence-electron chi connectivity index (χ2n) is 9.14. The lowest BCUT2D eigenvalue weighted by atomic mass is 9.83. The third kappa shape index (κ3) is 4.29. The van der Waals surface area contributed by atoms with Gasteiger partial charge in [0.05, 0.1) is 5.56 Å². The summed E-state index contributed by atoms with van der Waals surface area (Å²) in [6.45, 7) is 4.73. The monoisotopic (exact) mass is 451 g/mol. The number of carbonyl (C=O) groups is 1. The van der Waals surface area contributed by atoms with Crippen LogP contribution < -0.4 is 10.1 Å². The molecule has 0 bridgehead atoms. The van der Waals surface area contributed by atoms with E-state index in [0.717, 1.165) is 28.9 Å². The highest BCUT2D eigenvalue weighted by Crippen LogP contribution is 2.40. The lowest BCUT2D eigenvalue weighted by Gasteiger charge is -2.33. The standard InChI is InChI=1S/C30H29NO3/c1-19-14-15-22(16-27(19)30(32)33)28-17-23(34-29-13-6-5-11-26(28)29)18-31-20(2)24-12-7-9-21-8-3-4-10-25(21)24/h3-16,20,23,28,31H,17-18H2,1-2H3,(H,32,33)/t20-,23-,28?/m1/s1. The van der Waals surface area contributed by atoms with Gasteiger partial charge in [-0.3, -0.25) is 0 Å². The summed E-state index contributed by atoms with van der Waals surface area (Å²) in [5.74, 6) is 0.0750. The van der Waals surface area contributed by atoms with Gasteiger partial charge in [0.1, 0.15) is 11.9 Å². The Morgan fingerprint density at radius 2 is 1.79 bits per heavy atom. The molecule has 0 spiro atoms. The Bertz CT molecular complexity index is 1340. The van der Waals surface area contributed by atoms with Crippen LogP contribution in [0.2, 0.25) is 0 Å². The third-order valence-corrected chi connectivity index (χ3v) is 6.92. The molecule has 5 rings (SSSR count). The van der Waals surface area contributed by atoms with E-state index in [9.17, 15) is 9.90 Å². The number of hydrogen-bond acceptors (Lipinski definition) is 3. The number of carboxylic acids is 1. The van der Waals surface area contributed by atoms with Crippen LogP contribution in [0.15, 0.2) is 84.9 Å². The number of fused-ring (bicyclic) bond motifs is 2. The van der Waals surface area contributed by atoms with E-state index in [1.54, 1.807) is 0 Å². The quantitative estimate of drug-likeness (QED) is 0.352. The number of ether oxygens (including phenoxy) is 1. The predicted octanol–water partition coefficient (Wildman–Crippen LogP) is 6.48. The topological polar surface area (TPSA) is 58.6 Å². The Hall–Kier alpha value is -3.63. The van der Waals surface area contributed by atoms with Crippen molar-refractivity contribution in [1.82, 2.24) is 5.32 Å². The Labute approximate surface area is 200 Å². The molecular formula is C30H29NO3. The van der Waals surface area contributed by atoms with Crippen LogP contribution in [-0.4, -0.2) is 23.7 Å². The van der Waals surface area contributed by atoms with E-state index in [4.69, 9.17) is 4.74 Å². The van der Waals surface area contributed by atoms with Gasteiger partial charge in [-0.1, -0.05) is 72.8 Å². The van der Waals surface area contributed by atoms with Gasteiger partial charge in [0, 0.05) is 24.1 Å². The van der Waals surface area contributed by atoms with Gasteiger partial charge in [0.25, 0.3) is 0 Å². The minimum atomic E-state index is -0.887. The summed E-state index contributed by atoms with van der Waals surface area (Å²) in [6.07, 6.45) is 0.765. The Balaban J connectivity index is 1.39. The van der Waals surface area contributed by atoms with Crippen molar-refractivity contribution in [3.05, 3.63) is 113 Å². The molecule has 1 unspecified atom stereocenters. The second kappa shape index (κ2) is 9.32. The molecule has 172 valence electrons. The number of aromatic carboxylic acids is 1. The molecule has 2 N–H and O–H groups in total. The Morgan fingerprint density at radius 1 is 1.03 bits per heavy atom. The molecule has 1 heterocycles. The van der Waals surface area contributed by atoms with Crippen molar-refractivity contribution in [2.24, 2.45) is 0 Å². The van der Waals surface area contributed by atoms with Crippen molar-refractivity contribution in [2.45, 2.75) is 38.3 Å². The van der Waals surface area contributed by atoms with E-state index in [0.29, 0.717) is 12.1 Å². The molecule has 1 aliphatic heterocycles. The molecule has 0 amide bonds. The van der Waals surface area contributed by atoms with Gasteiger partial charge in [-0.05, 0) is 59.9 Å². The Morgan fingerprint density at radius 3 is 2.65 bits per heavy atom. The summed E-state index contributed by atoms with van der Waals surface area (Å²) >= 11 is 0. The summed E-state index contributed by atoms with van der Waals surface area (Å²) in [5.41, 5.74) is 4.54. The average molecular weight is 452 g/mol. The van der Waals surface area contributed by atoms with Crippen molar-refractivity contribution in [3.8, 4) is 5.75 Å². The van der Waals surface area contributed by atoms with E-state index in [-0.39, 0.29) is 18.1 Å². The zero-order chi connectivity index (χ0) is 23.7. The van der Waals surface area contributed by atoms with E-state index in [1.807, 2.05) is 37.3 Å². The van der Waals surface area contributed by atoms with Crippen LogP contribution in [0.25, 0.3) is 10.8 Å². The lowest BCUT2D eigenvalue weighted by Crippen LogP contribution is -2.37. The van der Waals surface area contributed by atoms with Gasteiger partial charge in [0.2, 0.25) is 0 Å². The first-order valence-electron chi connectivity index (χ1n) is 11.8. The molecule has 4 aromatic carbocycles. The van der Waals surface area contributed by atoms with Crippen LogP contribution in [0.1, 0.15) is 57.9 Å². The molecule has 3 atom stereocenters. The number of para-hydroxylation sites is 1. The van der Waals surface area contributed by atoms with Crippen LogP contribution in [0, 0.1) is 6.92 Å². The first kappa shape index (κ1) is 22.2. The minimum absolute atomic E-state index is 0.0214. The van der Waals surface area contributed by atoms with Gasteiger partial charge in [0.15, 0.2) is 0 Å². The van der Waals surface area contributed by atoms with Crippen LogP contribution in [0.4, 0.5) is 0 Å². The summed E-state index contributed by atoms with van der Waals surface area (Å²) in [6, 6.07) is 29.0. The largest absolute Gasteiger partial charge is 0.489 e. The van der Waals surface area contributed by atoms with Crippen LogP contribution in [0.5, 0.6) is 5.75 Å². The van der Waals surface area contributed by atoms with Crippen molar-refractivity contribution < 1.29 is 14.6 Å². The maximum atomic E-state index is 11.7. The fourth-order valence-electron chi connectivity index (χ4n) is 5.07. The van der Waals surface area contributed by atoms with Gasteiger partial charge >= 0.3 is 5.97 Å². The summed E-state index contributed by atoms with van der Waals surface area (Å²) in [7, 11) is 0. The van der Waals surface area contributed by atoms with Crippen molar-refractivity contribution in [1.29, 1.82) is 0 Å². The highest BCUT2D eigenvalue weighted by Gasteiger charge is 2.30. The van der Waals surface area contributed by atoms with Gasteiger partial charge < -0.3 is 15.2 Å². The van der Waals surface area contributed by atoms with E-state index in [2.05, 4.69) is 66.8 Å². The smallest absolute Gasteiger partial charge is 0.335 e. The highest BCUT2D eigenvalue weighted by molar-refractivity contribution is 5.89. The van der Waals surface area contributed by atoms with Crippen molar-refractivity contribution >= 4 is 16.7 Å². The molecule has 34 heavy (non-hydrogen) atoms. The van der Waals surface area contributed by atoms with E-state index >= 15 is 0 Å². The normalized spacial score (nSPS) is 18.2. The molecule has 0 aliphatic carbocycles. The van der Waals surface area contributed by atoms with E-state index in [1.165, 1.54) is 16.3 Å². The van der Waals surface area contributed by atoms with Gasteiger partial charge in [-0.25, -0.2) is 4.79 Å². The number of carboxylic acid groups (broad SMARTS) is 1. The third-order valence-electron chi connectivity index (χ3n) is 6.92. The fourth-order valence-corrected chi connectivity index (χ4v) is 5.07. The number of nitrogens with one attached hydrogen (secondary N) is 1. The minimum Gasteiger partial charge on any atom is -0.489 e. The number of aryl methyl sites for hydroxylation is 1. The maximum absolute atomic E-state index is 11.7. The summed E-state index contributed by atoms with van der Waals surface area (Å²) in [4.78, 5) is 11.7. The first-order chi connectivity index (χ1) is 16.5. The molecule has 0 radical (unpaired) electrons. The first-order valence-corrected chi connectivity index (χ1v) is 11.8. The average Bonchev–Trinajstić information content (AvgIpc) is 2.86. The molecule has 0 saturated carbocycles. The molecule has 4 heteroatoms. The Kier molecular flexibility index (Phi) is 6.08. The predicted molar refractivity (Wildman–Crippen MR) is 136 cm³/mol. The van der Waals surface area contributed by atoms with Gasteiger partial charge in [-0.15, -0.1) is 0 Å². The molecule has 0 aromatic heterocycles. The zero-order valence-corrected chi connectivity index (χ0v) is 19.5. The van der Waals surface area contributed by atoms with Crippen LogP contribution in [-0.2, 0) is 0 Å². The molecule has 4 aromatic rings. The second-order valence-corrected chi connectivity index (χ2v) is 9.14. The van der Waals surface area contributed by atoms with Crippen molar-refractivity contribution in [3.63, 3.8) is 0 Å². The number of hydrogen-bond donors (Lipinski definition) is 2. The molecule has 0 saturated heterocycles. The summed E-state index contributed by atoms with van der Waals surface area (Å²) < 4.78 is 6.38. The van der Waals surface area contributed by atoms with Crippen LogP contribution >= 0.6 is 0 Å². The number of benzene rings is 4. The molecular weight excluding hydrogens is 422 g/mol. The SMILES string of the molecule is Cc1ccc(C2C[C@H](CN[C@H](C)c3cccc4ccccc34)Oc3ccccc32)cc1C(=O)O. The van der Waals surface area contributed by atoms with Crippen molar-refractivity contribution in [2.75, 3.05) is 6.54 Å². The summed E-state index contributed by atoms with van der Waals surface area (Å²) in [5, 5.41) is 15.8. The fraction of sp³-hybridized carbons (Fsp3) is 0.233.